The average molecular weight is 266 g/mol. The van der Waals surface area contributed by atoms with Crippen LogP contribution >= 0.6 is 0 Å². The summed E-state index contributed by atoms with van der Waals surface area (Å²) in [5.74, 6) is -0.373. The Hall–Kier alpha value is -1.85. The highest BCUT2D eigenvalue weighted by Crippen LogP contribution is 2.21. The molecule has 0 saturated carbocycles. The Kier molecular flexibility index (Phi) is 6.63. The number of rotatable bonds is 8. The van der Waals surface area contributed by atoms with Crippen LogP contribution < -0.4 is 4.74 Å². The van der Waals surface area contributed by atoms with Crippen LogP contribution in [0.15, 0.2) is 24.3 Å². The monoisotopic (exact) mass is 266 g/mol. The Morgan fingerprint density at radius 1 is 1.32 bits per heavy atom. The smallest absolute Gasteiger partial charge is 0.328 e. The molecule has 19 heavy (non-hydrogen) atoms. The minimum Gasteiger partial charge on any atom is -0.496 e. The Labute approximate surface area is 112 Å². The van der Waals surface area contributed by atoms with Gasteiger partial charge in [-0.15, -0.1) is 0 Å². The zero-order chi connectivity index (χ0) is 14.1. The maximum Gasteiger partial charge on any atom is 0.328 e. The zero-order valence-corrected chi connectivity index (χ0v) is 11.1. The molecule has 0 radical (unpaired) electrons. The Morgan fingerprint density at radius 2 is 2.11 bits per heavy atom. The van der Waals surface area contributed by atoms with Crippen molar-refractivity contribution in [1.82, 2.24) is 0 Å². The zero-order valence-electron chi connectivity index (χ0n) is 11.1. The minimum absolute atomic E-state index is 0.446. The number of aliphatic carboxylic acids is 1. The van der Waals surface area contributed by atoms with Crippen molar-refractivity contribution in [2.75, 3.05) is 27.4 Å². The van der Waals surface area contributed by atoms with E-state index < -0.39 is 5.97 Å². The first-order chi connectivity index (χ1) is 9.17. The second-order valence-corrected chi connectivity index (χ2v) is 3.79. The van der Waals surface area contributed by atoms with Crippen molar-refractivity contribution in [3.63, 3.8) is 0 Å². The van der Waals surface area contributed by atoms with E-state index in [-0.39, 0.29) is 0 Å². The standard InChI is InChI=1S/C14H18O5/c1-17-7-8-19-10-11-3-5-13(18-2)12(9-11)4-6-14(15)16/h3-6,9H,7-8,10H2,1-2H3,(H,15,16). The third-order valence-corrected chi connectivity index (χ3v) is 2.40. The lowest BCUT2D eigenvalue weighted by Gasteiger charge is -2.08. The van der Waals surface area contributed by atoms with Crippen LogP contribution in [0.1, 0.15) is 11.1 Å². The van der Waals surface area contributed by atoms with Crippen molar-refractivity contribution in [3.05, 3.63) is 35.4 Å². The fourth-order valence-electron chi connectivity index (χ4n) is 1.50. The summed E-state index contributed by atoms with van der Waals surface area (Å²) in [5.41, 5.74) is 1.65. The minimum atomic E-state index is -0.996. The van der Waals surface area contributed by atoms with Crippen molar-refractivity contribution in [3.8, 4) is 5.75 Å². The van der Waals surface area contributed by atoms with Crippen LogP contribution in [0.5, 0.6) is 5.75 Å². The topological polar surface area (TPSA) is 65.0 Å². The van der Waals surface area contributed by atoms with Crippen molar-refractivity contribution in [2.45, 2.75) is 6.61 Å². The predicted octanol–water partition coefficient (Wildman–Crippen LogP) is 1.96. The summed E-state index contributed by atoms with van der Waals surface area (Å²) in [6.07, 6.45) is 2.58. The van der Waals surface area contributed by atoms with Gasteiger partial charge < -0.3 is 19.3 Å². The largest absolute Gasteiger partial charge is 0.496 e. The van der Waals surface area contributed by atoms with Gasteiger partial charge in [0.15, 0.2) is 0 Å². The Bertz CT molecular complexity index is 439. The molecule has 1 aromatic carbocycles. The first-order valence-corrected chi connectivity index (χ1v) is 5.82. The second-order valence-electron chi connectivity index (χ2n) is 3.79. The summed E-state index contributed by atoms with van der Waals surface area (Å²) in [6.45, 7) is 1.51. The van der Waals surface area contributed by atoms with Crippen LogP contribution in [0.2, 0.25) is 0 Å². The molecule has 1 N–H and O–H groups in total. The maximum absolute atomic E-state index is 10.5. The van der Waals surface area contributed by atoms with Gasteiger partial charge in [-0.2, -0.15) is 0 Å². The molecule has 0 aliphatic heterocycles. The van der Waals surface area contributed by atoms with E-state index in [9.17, 15) is 4.79 Å². The summed E-state index contributed by atoms with van der Waals surface area (Å²) in [7, 11) is 3.16. The predicted molar refractivity (Wildman–Crippen MR) is 71.2 cm³/mol. The van der Waals surface area contributed by atoms with E-state index >= 15 is 0 Å². The van der Waals surface area contributed by atoms with E-state index in [0.29, 0.717) is 31.1 Å². The van der Waals surface area contributed by atoms with E-state index in [1.165, 1.54) is 6.08 Å². The van der Waals surface area contributed by atoms with Gasteiger partial charge >= 0.3 is 5.97 Å². The lowest BCUT2D eigenvalue weighted by molar-refractivity contribution is -0.131. The van der Waals surface area contributed by atoms with Crippen LogP contribution in [0.3, 0.4) is 0 Å². The van der Waals surface area contributed by atoms with Crippen LogP contribution in [0.4, 0.5) is 0 Å². The van der Waals surface area contributed by atoms with Gasteiger partial charge in [0.25, 0.3) is 0 Å². The third kappa shape index (κ3) is 5.54. The summed E-state index contributed by atoms with van der Waals surface area (Å²) in [5, 5.41) is 8.64. The quantitative estimate of drug-likeness (QED) is 0.575. The number of ether oxygens (including phenoxy) is 3. The molecule has 0 amide bonds. The normalized spacial score (nSPS) is 10.8. The van der Waals surface area contributed by atoms with Crippen molar-refractivity contribution >= 4 is 12.0 Å². The molecule has 0 bridgehead atoms. The molecule has 0 aromatic heterocycles. The summed E-state index contributed by atoms with van der Waals surface area (Å²) in [6, 6.07) is 5.51. The van der Waals surface area contributed by atoms with Crippen LogP contribution in [-0.4, -0.2) is 38.5 Å². The molecule has 0 aliphatic rings. The van der Waals surface area contributed by atoms with Crippen LogP contribution in [0, 0.1) is 0 Å². The highest BCUT2D eigenvalue weighted by molar-refractivity contribution is 5.85. The van der Waals surface area contributed by atoms with Crippen LogP contribution in [0.25, 0.3) is 6.08 Å². The van der Waals surface area contributed by atoms with E-state index in [4.69, 9.17) is 19.3 Å². The van der Waals surface area contributed by atoms with Gasteiger partial charge in [0.2, 0.25) is 0 Å². The third-order valence-electron chi connectivity index (χ3n) is 2.40. The molecule has 1 aromatic rings. The SMILES string of the molecule is COCCOCc1ccc(OC)c(C=CC(=O)O)c1. The molecule has 104 valence electrons. The maximum atomic E-state index is 10.5. The van der Waals surface area contributed by atoms with E-state index in [1.807, 2.05) is 12.1 Å². The lowest BCUT2D eigenvalue weighted by Crippen LogP contribution is -2.02. The van der Waals surface area contributed by atoms with Crippen molar-refractivity contribution in [2.24, 2.45) is 0 Å². The van der Waals surface area contributed by atoms with Crippen molar-refractivity contribution in [1.29, 1.82) is 0 Å². The molecule has 5 heteroatoms. The second kappa shape index (κ2) is 8.29. The summed E-state index contributed by atoms with van der Waals surface area (Å²) in [4.78, 5) is 10.5. The molecule has 0 atom stereocenters. The molecule has 1 rings (SSSR count). The van der Waals surface area contributed by atoms with Gasteiger partial charge in [-0.25, -0.2) is 4.79 Å². The summed E-state index contributed by atoms with van der Waals surface area (Å²) < 4.78 is 15.5. The molecule has 0 unspecified atom stereocenters. The first kappa shape index (κ1) is 15.2. The van der Waals surface area contributed by atoms with E-state index in [0.717, 1.165) is 11.6 Å². The van der Waals surface area contributed by atoms with Gasteiger partial charge in [-0.3, -0.25) is 0 Å². The fourth-order valence-corrected chi connectivity index (χ4v) is 1.50. The number of methoxy groups -OCH3 is 2. The number of hydrogen-bond donors (Lipinski definition) is 1. The number of carboxylic acids is 1. The van der Waals surface area contributed by atoms with E-state index in [2.05, 4.69) is 0 Å². The van der Waals surface area contributed by atoms with E-state index in [1.54, 1.807) is 20.3 Å². The first-order valence-electron chi connectivity index (χ1n) is 5.82. The number of hydrogen-bond acceptors (Lipinski definition) is 4. The molecule has 0 heterocycles. The highest BCUT2D eigenvalue weighted by atomic mass is 16.5. The lowest BCUT2D eigenvalue weighted by atomic mass is 10.1. The highest BCUT2D eigenvalue weighted by Gasteiger charge is 2.03. The van der Waals surface area contributed by atoms with Gasteiger partial charge in [-0.05, 0) is 23.8 Å². The fraction of sp³-hybridized carbons (Fsp3) is 0.357. The number of carbonyl (C=O) groups is 1. The molecule has 0 spiro atoms. The Balaban J connectivity index is 2.74. The Morgan fingerprint density at radius 3 is 2.74 bits per heavy atom. The molecule has 0 fully saturated rings. The number of carboxylic acid groups (broad SMARTS) is 1. The molecule has 5 nitrogen and oxygen atoms in total. The molecular weight excluding hydrogens is 248 g/mol. The van der Waals surface area contributed by atoms with Gasteiger partial charge in [-0.1, -0.05) is 6.07 Å². The number of benzene rings is 1. The van der Waals surface area contributed by atoms with Crippen molar-refractivity contribution < 1.29 is 24.1 Å². The van der Waals surface area contributed by atoms with Crippen LogP contribution in [-0.2, 0) is 20.9 Å². The molecule has 0 saturated heterocycles. The average Bonchev–Trinajstić information content (AvgIpc) is 2.41. The van der Waals surface area contributed by atoms with Gasteiger partial charge in [0.05, 0.1) is 26.9 Å². The molecule has 0 aliphatic carbocycles. The summed E-state index contributed by atoms with van der Waals surface area (Å²) >= 11 is 0. The van der Waals surface area contributed by atoms with Gasteiger partial charge in [0.1, 0.15) is 5.75 Å². The molecular formula is C14H18O5. The van der Waals surface area contributed by atoms with Gasteiger partial charge in [0, 0.05) is 18.7 Å².